The number of nitrogens with zero attached hydrogens (tertiary/aromatic N) is 1. The summed E-state index contributed by atoms with van der Waals surface area (Å²) in [5.41, 5.74) is 0.584. The quantitative estimate of drug-likeness (QED) is 0.749. The number of carbonyl (C=O) groups excluding carboxylic acids is 2. The second-order valence-electron chi connectivity index (χ2n) is 8.66. The molecule has 0 saturated carbocycles. The number of nitrogens with one attached hydrogen (secondary N) is 1. The molecular formula is C23H36N2O4. The predicted molar refractivity (Wildman–Crippen MR) is 114 cm³/mol. The Morgan fingerprint density at radius 1 is 1.14 bits per heavy atom. The summed E-state index contributed by atoms with van der Waals surface area (Å²) in [6.07, 6.45) is 3.22. The molecule has 0 aliphatic carbocycles. The van der Waals surface area contributed by atoms with Gasteiger partial charge in [-0.3, -0.25) is 9.59 Å². The summed E-state index contributed by atoms with van der Waals surface area (Å²) in [6.45, 7) is 11.1. The van der Waals surface area contributed by atoms with E-state index in [9.17, 15) is 9.59 Å². The first kappa shape index (κ1) is 23.0. The van der Waals surface area contributed by atoms with E-state index in [0.29, 0.717) is 28.9 Å². The summed E-state index contributed by atoms with van der Waals surface area (Å²) in [7, 11) is 1.54. The van der Waals surface area contributed by atoms with Gasteiger partial charge in [-0.1, -0.05) is 20.8 Å². The van der Waals surface area contributed by atoms with Crippen LogP contribution in [0.4, 0.5) is 0 Å². The zero-order valence-electron chi connectivity index (χ0n) is 18.7. The first-order valence-corrected chi connectivity index (χ1v) is 10.6. The number of hydrogen-bond donors (Lipinski definition) is 1. The molecule has 0 bridgehead atoms. The molecule has 6 nitrogen and oxygen atoms in total. The second kappa shape index (κ2) is 10.5. The van der Waals surface area contributed by atoms with Gasteiger partial charge in [0.05, 0.1) is 7.11 Å². The van der Waals surface area contributed by atoms with Crippen molar-refractivity contribution in [2.24, 2.45) is 11.8 Å². The fourth-order valence-corrected chi connectivity index (χ4v) is 3.82. The van der Waals surface area contributed by atoms with E-state index in [1.54, 1.807) is 18.2 Å². The first-order chi connectivity index (χ1) is 13.7. The van der Waals surface area contributed by atoms with E-state index in [-0.39, 0.29) is 30.5 Å². The van der Waals surface area contributed by atoms with Crippen molar-refractivity contribution in [3.05, 3.63) is 23.8 Å². The Balaban J connectivity index is 2.16. The van der Waals surface area contributed by atoms with E-state index >= 15 is 0 Å². The first-order valence-electron chi connectivity index (χ1n) is 10.6. The molecule has 1 saturated heterocycles. The molecule has 2 atom stereocenters. The molecule has 1 aliphatic heterocycles. The second-order valence-corrected chi connectivity index (χ2v) is 8.66. The number of amides is 2. The Bertz CT molecular complexity index is 702. The van der Waals surface area contributed by atoms with Crippen LogP contribution < -0.4 is 14.8 Å². The van der Waals surface area contributed by atoms with Gasteiger partial charge in [0.25, 0.3) is 11.8 Å². The lowest BCUT2D eigenvalue weighted by Crippen LogP contribution is -2.42. The van der Waals surface area contributed by atoms with Crippen molar-refractivity contribution in [3.8, 4) is 11.5 Å². The normalized spacial score (nSPS) is 19.8. The van der Waals surface area contributed by atoms with Crippen LogP contribution in [0.2, 0.25) is 0 Å². The summed E-state index contributed by atoms with van der Waals surface area (Å²) in [5, 5.41) is 2.78. The molecule has 0 radical (unpaired) electrons. The van der Waals surface area contributed by atoms with Gasteiger partial charge in [-0.25, -0.2) is 0 Å². The van der Waals surface area contributed by atoms with Gasteiger partial charge in [-0.05, 0) is 63.1 Å². The molecule has 1 fully saturated rings. The number of carbonyl (C=O) groups is 2. The molecule has 1 N–H and O–H groups in total. The molecule has 29 heavy (non-hydrogen) atoms. The van der Waals surface area contributed by atoms with Crippen LogP contribution in [0.3, 0.4) is 0 Å². The van der Waals surface area contributed by atoms with Crippen molar-refractivity contribution in [1.82, 2.24) is 10.2 Å². The van der Waals surface area contributed by atoms with Gasteiger partial charge in [0.1, 0.15) is 0 Å². The number of rotatable bonds is 7. The van der Waals surface area contributed by atoms with Gasteiger partial charge < -0.3 is 19.7 Å². The van der Waals surface area contributed by atoms with Crippen LogP contribution in [0.5, 0.6) is 11.5 Å². The van der Waals surface area contributed by atoms with Crippen molar-refractivity contribution >= 4 is 11.8 Å². The molecule has 0 spiro atoms. The summed E-state index contributed by atoms with van der Waals surface area (Å²) >= 11 is 0. The van der Waals surface area contributed by atoms with E-state index in [4.69, 9.17) is 9.47 Å². The molecule has 1 aromatic rings. The Morgan fingerprint density at radius 2 is 1.86 bits per heavy atom. The van der Waals surface area contributed by atoms with E-state index in [1.807, 2.05) is 18.7 Å². The number of benzene rings is 1. The fraction of sp³-hybridized carbons (Fsp3) is 0.652. The van der Waals surface area contributed by atoms with Gasteiger partial charge in [0.2, 0.25) is 0 Å². The Morgan fingerprint density at radius 3 is 2.48 bits per heavy atom. The third-order valence-electron chi connectivity index (χ3n) is 5.47. The van der Waals surface area contributed by atoms with Crippen molar-refractivity contribution < 1.29 is 19.1 Å². The lowest BCUT2D eigenvalue weighted by atomic mass is 9.95. The van der Waals surface area contributed by atoms with E-state index < -0.39 is 0 Å². The number of hydrogen-bond acceptors (Lipinski definition) is 4. The van der Waals surface area contributed by atoms with Gasteiger partial charge in [0.15, 0.2) is 18.1 Å². The molecule has 162 valence electrons. The Hall–Kier alpha value is -2.24. The van der Waals surface area contributed by atoms with E-state index in [0.717, 1.165) is 25.8 Å². The molecule has 6 heteroatoms. The van der Waals surface area contributed by atoms with Crippen LogP contribution in [0, 0.1) is 11.8 Å². The molecule has 2 rings (SSSR count). The average Bonchev–Trinajstić information content (AvgIpc) is 2.86. The summed E-state index contributed by atoms with van der Waals surface area (Å²) in [5.74, 6) is 1.79. The maximum absolute atomic E-state index is 13.3. The van der Waals surface area contributed by atoms with Gasteiger partial charge in [-0.2, -0.15) is 0 Å². The number of likely N-dealkylation sites (tertiary alicyclic amines) is 1. The largest absolute Gasteiger partial charge is 0.493 e. The molecule has 2 unspecified atom stereocenters. The van der Waals surface area contributed by atoms with Crippen LogP contribution >= 0.6 is 0 Å². The van der Waals surface area contributed by atoms with Gasteiger partial charge in [0, 0.05) is 24.2 Å². The van der Waals surface area contributed by atoms with Gasteiger partial charge in [-0.15, -0.1) is 0 Å². The summed E-state index contributed by atoms with van der Waals surface area (Å²) in [6, 6.07) is 5.47. The zero-order chi connectivity index (χ0) is 21.6. The van der Waals surface area contributed by atoms with Crippen LogP contribution in [-0.4, -0.2) is 49.1 Å². The average molecular weight is 405 g/mol. The summed E-state index contributed by atoms with van der Waals surface area (Å²) in [4.78, 5) is 27.2. The smallest absolute Gasteiger partial charge is 0.258 e. The minimum absolute atomic E-state index is 0.0280. The molecule has 1 heterocycles. The maximum Gasteiger partial charge on any atom is 0.258 e. The fourth-order valence-electron chi connectivity index (χ4n) is 3.82. The molecule has 2 amide bonds. The maximum atomic E-state index is 13.3. The van der Waals surface area contributed by atoms with Crippen molar-refractivity contribution in [2.45, 2.75) is 66.0 Å². The monoisotopic (exact) mass is 404 g/mol. The predicted octanol–water partition coefficient (Wildman–Crippen LogP) is 3.89. The number of methoxy groups -OCH3 is 1. The number of ether oxygens (including phenoxy) is 2. The van der Waals surface area contributed by atoms with Gasteiger partial charge >= 0.3 is 0 Å². The highest BCUT2D eigenvalue weighted by molar-refractivity contribution is 5.95. The highest BCUT2D eigenvalue weighted by Gasteiger charge is 2.30. The SMILES string of the molecule is COc1cc(C(=O)N2CCC(C)CCC2C(C)C)ccc1OCC(=O)NC(C)C. The van der Waals surface area contributed by atoms with Crippen molar-refractivity contribution in [3.63, 3.8) is 0 Å². The van der Waals surface area contributed by atoms with Crippen LogP contribution in [0.25, 0.3) is 0 Å². The van der Waals surface area contributed by atoms with Crippen molar-refractivity contribution in [2.75, 3.05) is 20.3 Å². The molecule has 1 aliphatic rings. The molecule has 0 aromatic heterocycles. The molecule has 1 aromatic carbocycles. The minimum atomic E-state index is -0.194. The molecular weight excluding hydrogens is 368 g/mol. The minimum Gasteiger partial charge on any atom is -0.493 e. The lowest BCUT2D eigenvalue weighted by Gasteiger charge is -2.33. The van der Waals surface area contributed by atoms with Crippen molar-refractivity contribution in [1.29, 1.82) is 0 Å². The highest BCUT2D eigenvalue weighted by atomic mass is 16.5. The Kier molecular flexibility index (Phi) is 8.35. The topological polar surface area (TPSA) is 67.9 Å². The Labute approximate surface area is 174 Å². The van der Waals surface area contributed by atoms with E-state index in [2.05, 4.69) is 26.1 Å². The third-order valence-corrected chi connectivity index (χ3v) is 5.47. The standard InChI is InChI=1S/C23H36N2O4/c1-15(2)19-9-7-17(5)11-12-25(19)23(27)18-8-10-20(21(13-18)28-6)29-14-22(26)24-16(3)4/h8,10,13,15-17,19H,7,9,11-12,14H2,1-6H3,(H,24,26). The zero-order valence-corrected chi connectivity index (χ0v) is 18.7. The third kappa shape index (κ3) is 6.38. The van der Waals surface area contributed by atoms with Crippen LogP contribution in [-0.2, 0) is 4.79 Å². The lowest BCUT2D eigenvalue weighted by molar-refractivity contribution is -0.123. The van der Waals surface area contributed by atoms with Crippen LogP contribution in [0.1, 0.15) is 64.2 Å². The van der Waals surface area contributed by atoms with Crippen LogP contribution in [0.15, 0.2) is 18.2 Å². The van der Waals surface area contributed by atoms with E-state index in [1.165, 1.54) is 7.11 Å². The highest BCUT2D eigenvalue weighted by Crippen LogP contribution is 2.31. The summed E-state index contributed by atoms with van der Waals surface area (Å²) < 4.78 is 11.0.